The first kappa shape index (κ1) is 15.0. The lowest BCUT2D eigenvalue weighted by Gasteiger charge is -2.26. The number of hydrogen-bond acceptors (Lipinski definition) is 5. The average Bonchev–Trinajstić information content (AvgIpc) is 2.86. The molecule has 5 heteroatoms. The molecule has 3 rings (SSSR count). The van der Waals surface area contributed by atoms with Gasteiger partial charge < -0.3 is 14.1 Å². The molecule has 1 fully saturated rings. The van der Waals surface area contributed by atoms with Gasteiger partial charge in [-0.3, -0.25) is 0 Å². The van der Waals surface area contributed by atoms with Crippen molar-refractivity contribution in [2.45, 2.75) is 32.3 Å². The van der Waals surface area contributed by atoms with Crippen molar-refractivity contribution in [2.24, 2.45) is 5.41 Å². The number of rotatable bonds is 6. The standard InChI is InChI=1S/C17H23N3O2/c1-16(2)11-17(16,13-8-6-5-7-9-13)12-20(3)15-19-18-14(22-15)10-21-4/h5-9H,10-12H2,1-4H3. The van der Waals surface area contributed by atoms with Crippen LogP contribution in [0.25, 0.3) is 0 Å². The second-order valence-corrected chi connectivity index (χ2v) is 6.78. The maximum atomic E-state index is 5.64. The van der Waals surface area contributed by atoms with Gasteiger partial charge in [0.05, 0.1) is 0 Å². The third-order valence-corrected chi connectivity index (χ3v) is 4.80. The minimum absolute atomic E-state index is 0.138. The highest BCUT2D eigenvalue weighted by Gasteiger charge is 2.62. The summed E-state index contributed by atoms with van der Waals surface area (Å²) in [7, 11) is 3.62. The molecule has 1 aromatic heterocycles. The van der Waals surface area contributed by atoms with Crippen LogP contribution in [0.3, 0.4) is 0 Å². The molecule has 1 aliphatic carbocycles. The molecule has 1 unspecified atom stereocenters. The summed E-state index contributed by atoms with van der Waals surface area (Å²) in [6, 6.07) is 11.2. The van der Waals surface area contributed by atoms with Gasteiger partial charge in [-0.2, -0.15) is 0 Å². The van der Waals surface area contributed by atoms with E-state index in [0.29, 0.717) is 18.5 Å². The first-order valence-electron chi connectivity index (χ1n) is 7.56. The van der Waals surface area contributed by atoms with Crippen LogP contribution in [0.4, 0.5) is 6.01 Å². The quantitative estimate of drug-likeness (QED) is 0.821. The topological polar surface area (TPSA) is 51.4 Å². The van der Waals surface area contributed by atoms with Crippen LogP contribution in [0.5, 0.6) is 0 Å². The molecule has 2 aromatic rings. The van der Waals surface area contributed by atoms with Gasteiger partial charge in [-0.05, 0) is 17.4 Å². The monoisotopic (exact) mass is 301 g/mol. The molecule has 0 amide bonds. The zero-order valence-electron chi connectivity index (χ0n) is 13.7. The molecular weight excluding hydrogens is 278 g/mol. The Morgan fingerprint density at radius 1 is 1.23 bits per heavy atom. The van der Waals surface area contributed by atoms with Crippen molar-refractivity contribution in [1.82, 2.24) is 10.2 Å². The van der Waals surface area contributed by atoms with Gasteiger partial charge in [0.15, 0.2) is 0 Å². The van der Waals surface area contributed by atoms with E-state index < -0.39 is 0 Å². The molecule has 1 aliphatic rings. The second kappa shape index (κ2) is 5.39. The zero-order chi connectivity index (χ0) is 15.8. The lowest BCUT2D eigenvalue weighted by atomic mass is 9.87. The van der Waals surface area contributed by atoms with E-state index in [1.165, 1.54) is 5.56 Å². The summed E-state index contributed by atoms with van der Waals surface area (Å²) in [5.74, 6) is 0.508. The highest BCUT2D eigenvalue weighted by molar-refractivity contribution is 5.41. The fraction of sp³-hybridized carbons (Fsp3) is 0.529. The summed E-state index contributed by atoms with van der Waals surface area (Å²) in [5.41, 5.74) is 1.79. The molecule has 0 bridgehead atoms. The third kappa shape index (κ3) is 2.50. The number of nitrogens with zero attached hydrogens (tertiary/aromatic N) is 3. The summed E-state index contributed by atoms with van der Waals surface area (Å²) in [6.07, 6.45) is 1.16. The lowest BCUT2D eigenvalue weighted by Crippen LogP contribution is -2.32. The van der Waals surface area contributed by atoms with Crippen LogP contribution in [0, 0.1) is 5.41 Å². The fourth-order valence-electron chi connectivity index (χ4n) is 3.37. The van der Waals surface area contributed by atoms with Crippen LogP contribution < -0.4 is 4.90 Å². The highest BCUT2D eigenvalue weighted by atomic mass is 16.5. The minimum Gasteiger partial charge on any atom is -0.405 e. The predicted octanol–water partition coefficient (Wildman–Crippen LogP) is 3.02. The van der Waals surface area contributed by atoms with Crippen LogP contribution in [0.1, 0.15) is 31.7 Å². The Morgan fingerprint density at radius 2 is 1.91 bits per heavy atom. The number of ether oxygens (including phenoxy) is 1. The van der Waals surface area contributed by atoms with Crippen molar-refractivity contribution in [1.29, 1.82) is 0 Å². The molecule has 1 saturated carbocycles. The van der Waals surface area contributed by atoms with Crippen LogP contribution in [0.15, 0.2) is 34.7 Å². The molecule has 5 nitrogen and oxygen atoms in total. The first-order chi connectivity index (χ1) is 10.5. The predicted molar refractivity (Wildman–Crippen MR) is 84.8 cm³/mol. The minimum atomic E-state index is 0.138. The van der Waals surface area contributed by atoms with Gasteiger partial charge in [0.1, 0.15) is 6.61 Å². The molecule has 0 radical (unpaired) electrons. The summed E-state index contributed by atoms with van der Waals surface area (Å²) in [6.45, 7) is 5.84. The van der Waals surface area contributed by atoms with Crippen LogP contribution in [-0.2, 0) is 16.8 Å². The van der Waals surface area contributed by atoms with Gasteiger partial charge in [-0.15, -0.1) is 5.10 Å². The maximum absolute atomic E-state index is 5.64. The summed E-state index contributed by atoms with van der Waals surface area (Å²) < 4.78 is 10.7. The molecule has 22 heavy (non-hydrogen) atoms. The van der Waals surface area contributed by atoms with Crippen LogP contribution >= 0.6 is 0 Å². The van der Waals surface area contributed by atoms with Crippen molar-refractivity contribution in [3.05, 3.63) is 41.8 Å². The number of hydrogen-bond donors (Lipinski definition) is 0. The Balaban J connectivity index is 1.80. The van der Waals surface area contributed by atoms with Gasteiger partial charge in [0, 0.05) is 26.1 Å². The van der Waals surface area contributed by atoms with Crippen molar-refractivity contribution >= 4 is 6.01 Å². The molecule has 0 aliphatic heterocycles. The number of aromatic nitrogens is 2. The van der Waals surface area contributed by atoms with Crippen molar-refractivity contribution in [3.63, 3.8) is 0 Å². The van der Waals surface area contributed by atoms with Gasteiger partial charge >= 0.3 is 6.01 Å². The zero-order valence-corrected chi connectivity index (χ0v) is 13.7. The van der Waals surface area contributed by atoms with E-state index in [2.05, 4.69) is 54.4 Å². The van der Waals surface area contributed by atoms with Gasteiger partial charge in [0.2, 0.25) is 5.89 Å². The largest absolute Gasteiger partial charge is 0.405 e. The number of likely N-dealkylation sites (N-methyl/N-ethyl adjacent to an activating group) is 1. The van der Waals surface area contributed by atoms with E-state index >= 15 is 0 Å². The van der Waals surface area contributed by atoms with Gasteiger partial charge in [-0.1, -0.05) is 49.3 Å². The van der Waals surface area contributed by atoms with Gasteiger partial charge in [0.25, 0.3) is 0 Å². The fourth-order valence-corrected chi connectivity index (χ4v) is 3.37. The Hall–Kier alpha value is -1.88. The van der Waals surface area contributed by atoms with Crippen molar-refractivity contribution < 1.29 is 9.15 Å². The smallest absolute Gasteiger partial charge is 0.317 e. The van der Waals surface area contributed by atoms with Crippen molar-refractivity contribution in [3.8, 4) is 0 Å². The van der Waals surface area contributed by atoms with E-state index in [9.17, 15) is 0 Å². The number of methoxy groups -OCH3 is 1. The third-order valence-electron chi connectivity index (χ3n) is 4.80. The van der Waals surface area contributed by atoms with Gasteiger partial charge in [-0.25, -0.2) is 0 Å². The Morgan fingerprint density at radius 3 is 2.50 bits per heavy atom. The second-order valence-electron chi connectivity index (χ2n) is 6.78. The molecule has 1 aromatic carbocycles. The SMILES string of the molecule is COCc1nnc(N(C)CC2(c3ccccc3)CC2(C)C)o1. The Bertz CT molecular complexity index is 638. The molecule has 1 atom stereocenters. The van der Waals surface area contributed by atoms with Crippen LogP contribution in [-0.4, -0.2) is 30.9 Å². The molecule has 1 heterocycles. The normalized spacial score (nSPS) is 22.5. The van der Waals surface area contributed by atoms with Crippen LogP contribution in [0.2, 0.25) is 0 Å². The van der Waals surface area contributed by atoms with E-state index in [1.807, 2.05) is 11.9 Å². The summed E-state index contributed by atoms with van der Waals surface area (Å²) in [5, 5.41) is 8.12. The number of anilines is 1. The summed E-state index contributed by atoms with van der Waals surface area (Å²) in [4.78, 5) is 2.05. The summed E-state index contributed by atoms with van der Waals surface area (Å²) >= 11 is 0. The molecule has 0 saturated heterocycles. The molecule has 0 N–H and O–H groups in total. The van der Waals surface area contributed by atoms with E-state index in [0.717, 1.165) is 13.0 Å². The lowest BCUT2D eigenvalue weighted by molar-refractivity contribution is 0.160. The highest BCUT2D eigenvalue weighted by Crippen LogP contribution is 2.64. The van der Waals surface area contributed by atoms with Crippen molar-refractivity contribution in [2.75, 3.05) is 25.6 Å². The number of benzene rings is 1. The molecule has 0 spiro atoms. The molecular formula is C17H23N3O2. The maximum Gasteiger partial charge on any atom is 0.317 e. The molecule has 118 valence electrons. The van der Waals surface area contributed by atoms with E-state index in [4.69, 9.17) is 9.15 Å². The Labute approximate surface area is 131 Å². The van der Waals surface area contributed by atoms with E-state index in [1.54, 1.807) is 7.11 Å². The Kier molecular flexibility index (Phi) is 3.68. The first-order valence-corrected chi connectivity index (χ1v) is 7.56. The van der Waals surface area contributed by atoms with E-state index in [-0.39, 0.29) is 10.8 Å². The average molecular weight is 301 g/mol.